The number of urea groups is 1. The third kappa shape index (κ3) is 4.29. The van der Waals surface area contributed by atoms with E-state index >= 15 is 0 Å². The highest BCUT2D eigenvalue weighted by Crippen LogP contribution is 2.30. The van der Waals surface area contributed by atoms with Gasteiger partial charge in [0.2, 0.25) is 5.91 Å². The molecular weight excluding hydrogens is 380 g/mol. The van der Waals surface area contributed by atoms with E-state index in [1.807, 2.05) is 41.0 Å². The summed E-state index contributed by atoms with van der Waals surface area (Å²) >= 11 is 1.16. The molecule has 0 saturated carbocycles. The maximum absolute atomic E-state index is 12.1. The number of methoxy groups -OCH3 is 1. The van der Waals surface area contributed by atoms with Crippen molar-refractivity contribution in [2.45, 2.75) is 17.3 Å². The Bertz CT molecular complexity index is 975. The summed E-state index contributed by atoms with van der Waals surface area (Å²) in [5.74, 6) is 0.801. The van der Waals surface area contributed by atoms with Crippen molar-refractivity contribution in [2.75, 3.05) is 7.11 Å². The van der Waals surface area contributed by atoms with E-state index in [0.717, 1.165) is 23.0 Å². The number of primary amides is 1. The number of ether oxygens (including phenoxy) is 1. The van der Waals surface area contributed by atoms with Crippen LogP contribution in [-0.4, -0.2) is 44.0 Å². The number of aromatic nitrogens is 4. The first kappa shape index (κ1) is 19.4. The van der Waals surface area contributed by atoms with Gasteiger partial charge in [0.15, 0.2) is 11.0 Å². The van der Waals surface area contributed by atoms with Crippen LogP contribution in [0.2, 0.25) is 0 Å². The molecule has 0 unspecified atom stereocenters. The minimum atomic E-state index is -0.897. The minimum Gasteiger partial charge on any atom is -0.497 e. The van der Waals surface area contributed by atoms with Crippen LogP contribution in [0.5, 0.6) is 5.75 Å². The summed E-state index contributed by atoms with van der Waals surface area (Å²) in [6, 6.07) is 10.1. The van der Waals surface area contributed by atoms with Gasteiger partial charge in [0.1, 0.15) is 5.75 Å². The number of nitrogens with two attached hydrogens (primary N) is 1. The van der Waals surface area contributed by atoms with Crippen molar-refractivity contribution in [2.24, 2.45) is 5.73 Å². The molecule has 0 saturated heterocycles. The van der Waals surface area contributed by atoms with Gasteiger partial charge in [-0.05, 0) is 43.3 Å². The number of carbonyl (C=O) groups is 2. The Hall–Kier alpha value is -3.40. The second-order valence-electron chi connectivity index (χ2n) is 5.69. The van der Waals surface area contributed by atoms with Crippen LogP contribution in [0.4, 0.5) is 4.79 Å². The monoisotopic (exact) mass is 398 g/mol. The number of thioether (sulfide) groups is 1. The lowest BCUT2D eigenvalue weighted by Gasteiger charge is -2.13. The van der Waals surface area contributed by atoms with Gasteiger partial charge in [-0.2, -0.15) is 0 Å². The third-order valence-corrected chi connectivity index (χ3v) is 4.84. The summed E-state index contributed by atoms with van der Waals surface area (Å²) in [6.45, 7) is 1.65. The molecule has 3 aromatic rings. The molecule has 0 aliphatic carbocycles. The number of nitrogens with one attached hydrogen (secondary N) is 1. The van der Waals surface area contributed by atoms with Crippen LogP contribution in [-0.2, 0) is 4.79 Å². The molecule has 10 heteroatoms. The van der Waals surface area contributed by atoms with Crippen molar-refractivity contribution in [1.29, 1.82) is 0 Å². The van der Waals surface area contributed by atoms with Gasteiger partial charge in [-0.1, -0.05) is 11.8 Å². The topological polar surface area (TPSA) is 125 Å². The predicted octanol–water partition coefficient (Wildman–Crippen LogP) is 2.01. The molecule has 1 atom stereocenters. The van der Waals surface area contributed by atoms with E-state index in [9.17, 15) is 9.59 Å². The maximum Gasteiger partial charge on any atom is 0.318 e. The zero-order valence-corrected chi connectivity index (χ0v) is 16.0. The number of imide groups is 1. The van der Waals surface area contributed by atoms with Crippen LogP contribution >= 0.6 is 11.8 Å². The third-order valence-electron chi connectivity index (χ3n) is 3.80. The number of amides is 3. The molecule has 144 valence electrons. The van der Waals surface area contributed by atoms with Crippen molar-refractivity contribution in [3.05, 3.63) is 48.8 Å². The molecule has 0 radical (unpaired) electrons. The fourth-order valence-electron chi connectivity index (χ4n) is 2.43. The molecule has 3 N–H and O–H groups in total. The lowest BCUT2D eigenvalue weighted by atomic mass is 10.2. The fourth-order valence-corrected chi connectivity index (χ4v) is 3.30. The highest BCUT2D eigenvalue weighted by atomic mass is 32.2. The molecule has 9 nitrogen and oxygen atoms in total. The summed E-state index contributed by atoms with van der Waals surface area (Å²) in [6.07, 6.45) is 3.33. The number of hydrogen-bond acceptors (Lipinski definition) is 7. The van der Waals surface area contributed by atoms with E-state index in [-0.39, 0.29) is 0 Å². The van der Waals surface area contributed by atoms with Gasteiger partial charge in [0.25, 0.3) is 0 Å². The Morgan fingerprint density at radius 2 is 1.82 bits per heavy atom. The largest absolute Gasteiger partial charge is 0.497 e. The van der Waals surface area contributed by atoms with Crippen LogP contribution < -0.4 is 15.8 Å². The summed E-state index contributed by atoms with van der Waals surface area (Å²) in [5.41, 5.74) is 6.63. The number of carbonyl (C=O) groups excluding carboxylic acids is 2. The zero-order valence-electron chi connectivity index (χ0n) is 15.2. The lowest BCUT2D eigenvalue weighted by Crippen LogP contribution is -2.39. The number of rotatable bonds is 6. The van der Waals surface area contributed by atoms with Crippen LogP contribution in [0, 0.1) is 0 Å². The van der Waals surface area contributed by atoms with Gasteiger partial charge in [-0.3, -0.25) is 19.7 Å². The molecule has 0 aliphatic rings. The predicted molar refractivity (Wildman–Crippen MR) is 104 cm³/mol. The molecule has 1 aromatic carbocycles. The van der Waals surface area contributed by atoms with Crippen molar-refractivity contribution in [1.82, 2.24) is 25.1 Å². The molecule has 2 aromatic heterocycles. The quantitative estimate of drug-likeness (QED) is 0.608. The van der Waals surface area contributed by atoms with E-state index in [1.54, 1.807) is 26.4 Å². The zero-order chi connectivity index (χ0) is 20.1. The van der Waals surface area contributed by atoms with E-state index < -0.39 is 17.2 Å². The van der Waals surface area contributed by atoms with Crippen molar-refractivity contribution in [3.8, 4) is 22.8 Å². The van der Waals surface area contributed by atoms with Gasteiger partial charge in [-0.25, -0.2) is 4.79 Å². The second kappa shape index (κ2) is 8.53. The van der Waals surface area contributed by atoms with Gasteiger partial charge in [0.05, 0.1) is 12.4 Å². The Labute approximate surface area is 165 Å². The minimum absolute atomic E-state index is 0.490. The summed E-state index contributed by atoms with van der Waals surface area (Å²) in [5, 5.41) is 10.5. The first-order chi connectivity index (χ1) is 13.5. The smallest absolute Gasteiger partial charge is 0.318 e. The molecule has 2 heterocycles. The van der Waals surface area contributed by atoms with Crippen molar-refractivity contribution >= 4 is 23.7 Å². The first-order valence-corrected chi connectivity index (χ1v) is 9.14. The van der Waals surface area contributed by atoms with Gasteiger partial charge in [0, 0.05) is 23.6 Å². The number of pyridine rings is 1. The highest BCUT2D eigenvalue weighted by Gasteiger charge is 2.22. The number of nitrogens with zero attached hydrogens (tertiary/aromatic N) is 4. The molecule has 0 spiro atoms. The van der Waals surface area contributed by atoms with Crippen LogP contribution in [0.15, 0.2) is 53.9 Å². The molecule has 3 rings (SSSR count). The Morgan fingerprint density at radius 3 is 2.43 bits per heavy atom. The van der Waals surface area contributed by atoms with Crippen molar-refractivity contribution < 1.29 is 14.3 Å². The maximum atomic E-state index is 12.1. The van der Waals surface area contributed by atoms with E-state index in [1.165, 1.54) is 0 Å². The van der Waals surface area contributed by atoms with Crippen LogP contribution in [0.3, 0.4) is 0 Å². The Balaban J connectivity index is 2.01. The average molecular weight is 398 g/mol. The summed E-state index contributed by atoms with van der Waals surface area (Å²) in [4.78, 5) is 27.0. The standard InChI is InChI=1S/C18H18N6O3S/c1-11(16(25)21-17(19)26)28-18-23-22-15(12-7-9-20-10-8-12)24(18)13-3-5-14(27-2)6-4-13/h3-11H,1-2H3,(H3,19,21,25,26)/t11-/m0/s1. The average Bonchev–Trinajstić information content (AvgIpc) is 3.11. The van der Waals surface area contributed by atoms with E-state index in [4.69, 9.17) is 10.5 Å². The highest BCUT2D eigenvalue weighted by molar-refractivity contribution is 8.00. The SMILES string of the molecule is COc1ccc(-n2c(S[C@@H](C)C(=O)NC(N)=O)nnc2-c2ccncc2)cc1. The second-order valence-corrected chi connectivity index (χ2v) is 7.00. The molecule has 3 amide bonds. The van der Waals surface area contributed by atoms with Crippen molar-refractivity contribution in [3.63, 3.8) is 0 Å². The van der Waals surface area contributed by atoms with E-state index in [0.29, 0.717) is 16.7 Å². The summed E-state index contributed by atoms with van der Waals surface area (Å²) in [7, 11) is 1.59. The molecular formula is C18H18N6O3S. The lowest BCUT2D eigenvalue weighted by molar-refractivity contribution is -0.119. The van der Waals surface area contributed by atoms with Crippen LogP contribution in [0.25, 0.3) is 17.1 Å². The number of benzene rings is 1. The normalized spacial score (nSPS) is 11.6. The molecule has 28 heavy (non-hydrogen) atoms. The summed E-state index contributed by atoms with van der Waals surface area (Å²) < 4.78 is 7.04. The molecule has 0 fully saturated rings. The van der Waals surface area contributed by atoms with Crippen LogP contribution in [0.1, 0.15) is 6.92 Å². The molecule has 0 bridgehead atoms. The van der Waals surface area contributed by atoms with E-state index in [2.05, 4.69) is 20.5 Å². The van der Waals surface area contributed by atoms with Gasteiger partial charge >= 0.3 is 6.03 Å². The van der Waals surface area contributed by atoms with Gasteiger partial charge in [-0.15, -0.1) is 10.2 Å². The first-order valence-electron chi connectivity index (χ1n) is 8.26. The number of hydrogen-bond donors (Lipinski definition) is 2. The molecule has 0 aliphatic heterocycles. The fraction of sp³-hybridized carbons (Fsp3) is 0.167. The Kier molecular flexibility index (Phi) is 5.90. The van der Waals surface area contributed by atoms with Gasteiger partial charge < -0.3 is 10.5 Å². The Morgan fingerprint density at radius 1 is 1.14 bits per heavy atom.